The molecular formula is C31H32F3N5O4S. The van der Waals surface area contributed by atoms with Gasteiger partial charge >= 0.3 is 6.01 Å². The van der Waals surface area contributed by atoms with Crippen molar-refractivity contribution in [1.82, 2.24) is 19.9 Å². The minimum absolute atomic E-state index is 0.0380. The van der Waals surface area contributed by atoms with Crippen molar-refractivity contribution in [3.63, 3.8) is 0 Å². The van der Waals surface area contributed by atoms with Gasteiger partial charge in [0.1, 0.15) is 47.3 Å². The number of ether oxygens (including phenoxy) is 1. The van der Waals surface area contributed by atoms with E-state index in [0.29, 0.717) is 48.7 Å². The van der Waals surface area contributed by atoms with Crippen molar-refractivity contribution in [3.8, 4) is 23.0 Å². The van der Waals surface area contributed by atoms with E-state index in [0.717, 1.165) is 19.4 Å². The van der Waals surface area contributed by atoms with E-state index in [1.165, 1.54) is 30.5 Å². The number of aromatic hydroxyl groups is 1. The number of benzene rings is 2. The lowest BCUT2D eigenvalue weighted by Crippen LogP contribution is -2.43. The van der Waals surface area contributed by atoms with E-state index in [1.807, 2.05) is 0 Å². The van der Waals surface area contributed by atoms with Crippen molar-refractivity contribution in [1.29, 1.82) is 0 Å². The summed E-state index contributed by atoms with van der Waals surface area (Å²) in [6.45, 7) is 3.36. The predicted molar refractivity (Wildman–Crippen MR) is 160 cm³/mol. The predicted octanol–water partition coefficient (Wildman–Crippen LogP) is 4.93. The van der Waals surface area contributed by atoms with Crippen molar-refractivity contribution < 1.29 is 31.4 Å². The van der Waals surface area contributed by atoms with E-state index in [1.54, 1.807) is 11.8 Å². The van der Waals surface area contributed by atoms with Crippen LogP contribution >= 0.6 is 0 Å². The third-order valence-electron chi connectivity index (χ3n) is 9.17. The number of nitrogens with zero attached hydrogens (tertiary/aromatic N) is 5. The first kappa shape index (κ1) is 29.0. The molecule has 5 heterocycles. The standard InChI is InChI=1S/C31H32F3N5O4S/c1-2-21-24(33)6-5-18-11-20(40)12-22(25(18)21)27-26(34)28-23(14-35-27)29(38-8-4-10-44(41,42)17-38)37-30(36-28)43-16-31-7-3-9-39(31)15-19(32)13-31/h5-6,11-12,14,19,40H,2-4,7-10,13,15-17H2,1H3/t19-,31+/m1/s1. The molecule has 3 fully saturated rings. The van der Waals surface area contributed by atoms with E-state index in [-0.39, 0.29) is 58.0 Å². The minimum atomic E-state index is -3.41. The molecule has 2 atom stereocenters. The summed E-state index contributed by atoms with van der Waals surface area (Å²) >= 11 is 0. The second kappa shape index (κ2) is 10.7. The number of aryl methyl sites for hydroxylation is 1. The van der Waals surface area contributed by atoms with Crippen LogP contribution in [0.3, 0.4) is 0 Å². The molecule has 3 aliphatic rings. The molecule has 0 spiro atoms. The summed E-state index contributed by atoms with van der Waals surface area (Å²) in [4.78, 5) is 17.0. The van der Waals surface area contributed by atoms with Crippen LogP contribution in [0.5, 0.6) is 11.8 Å². The lowest BCUT2D eigenvalue weighted by atomic mass is 9.94. The number of hydrogen-bond acceptors (Lipinski definition) is 9. The van der Waals surface area contributed by atoms with Gasteiger partial charge in [-0.2, -0.15) is 9.97 Å². The van der Waals surface area contributed by atoms with Crippen LogP contribution in [0.15, 0.2) is 30.5 Å². The van der Waals surface area contributed by atoms with Gasteiger partial charge in [0.2, 0.25) is 0 Å². The molecule has 4 aromatic rings. The Morgan fingerprint density at radius 1 is 1.16 bits per heavy atom. The lowest BCUT2D eigenvalue weighted by molar-refractivity contribution is 0.107. The van der Waals surface area contributed by atoms with Gasteiger partial charge in [0.05, 0.1) is 16.7 Å². The second-order valence-electron chi connectivity index (χ2n) is 12.0. The highest BCUT2D eigenvalue weighted by molar-refractivity contribution is 7.91. The Labute approximate surface area is 252 Å². The Bertz CT molecular complexity index is 1910. The van der Waals surface area contributed by atoms with Gasteiger partial charge in [0.25, 0.3) is 0 Å². The molecule has 2 aromatic carbocycles. The molecule has 0 saturated carbocycles. The largest absolute Gasteiger partial charge is 0.508 e. The fourth-order valence-electron chi connectivity index (χ4n) is 7.20. The topological polar surface area (TPSA) is 109 Å². The molecule has 1 N–H and O–H groups in total. The maximum absolute atomic E-state index is 16.7. The van der Waals surface area contributed by atoms with Gasteiger partial charge in [-0.3, -0.25) is 9.88 Å². The van der Waals surface area contributed by atoms with Crippen LogP contribution < -0.4 is 9.64 Å². The van der Waals surface area contributed by atoms with Crippen molar-refractivity contribution in [2.75, 3.05) is 42.8 Å². The number of anilines is 1. The van der Waals surface area contributed by atoms with Crippen LogP contribution in [0.1, 0.15) is 38.2 Å². The number of phenols is 1. The molecule has 3 aliphatic heterocycles. The summed E-state index contributed by atoms with van der Waals surface area (Å²) in [5, 5.41) is 11.6. The zero-order valence-corrected chi connectivity index (χ0v) is 25.0. The molecule has 13 heteroatoms. The summed E-state index contributed by atoms with van der Waals surface area (Å²) < 4.78 is 77.1. The SMILES string of the molecule is CCc1c(F)ccc2cc(O)cc(-c3ncc4c(N5CCCS(=O)(=O)C5)nc(OC[C@@]56CCCN5C[C@H](F)C6)nc4c3F)c12. The number of halogens is 3. The quantitative estimate of drug-likeness (QED) is 0.318. The summed E-state index contributed by atoms with van der Waals surface area (Å²) in [6.07, 6.45) is 3.08. The molecule has 232 valence electrons. The number of pyridine rings is 1. The Morgan fingerprint density at radius 3 is 2.80 bits per heavy atom. The number of rotatable bonds is 6. The first-order chi connectivity index (χ1) is 21.1. The van der Waals surface area contributed by atoms with Gasteiger partial charge in [-0.1, -0.05) is 13.0 Å². The average molecular weight is 628 g/mol. The fraction of sp³-hybridized carbons (Fsp3) is 0.452. The highest BCUT2D eigenvalue weighted by Crippen LogP contribution is 2.42. The minimum Gasteiger partial charge on any atom is -0.508 e. The van der Waals surface area contributed by atoms with Gasteiger partial charge in [-0.25, -0.2) is 21.6 Å². The van der Waals surface area contributed by atoms with E-state index in [4.69, 9.17) is 4.74 Å². The monoisotopic (exact) mass is 627 g/mol. The number of fused-ring (bicyclic) bond motifs is 3. The van der Waals surface area contributed by atoms with Gasteiger partial charge in [0, 0.05) is 31.3 Å². The van der Waals surface area contributed by atoms with Gasteiger partial charge < -0.3 is 14.7 Å². The highest BCUT2D eigenvalue weighted by Gasteiger charge is 2.49. The fourth-order valence-corrected chi connectivity index (χ4v) is 8.63. The highest BCUT2D eigenvalue weighted by atomic mass is 32.2. The van der Waals surface area contributed by atoms with E-state index in [2.05, 4.69) is 19.9 Å². The Balaban J connectivity index is 1.39. The summed E-state index contributed by atoms with van der Waals surface area (Å²) in [6, 6.07) is 5.50. The van der Waals surface area contributed by atoms with Crippen molar-refractivity contribution in [3.05, 3.63) is 47.7 Å². The lowest BCUT2D eigenvalue weighted by Gasteiger charge is -2.31. The van der Waals surface area contributed by atoms with Crippen LogP contribution in [0.25, 0.3) is 32.9 Å². The molecule has 0 amide bonds. The zero-order chi connectivity index (χ0) is 30.8. The smallest absolute Gasteiger partial charge is 0.319 e. The third kappa shape index (κ3) is 4.90. The molecule has 9 nitrogen and oxygen atoms in total. The molecule has 7 rings (SSSR count). The van der Waals surface area contributed by atoms with Crippen molar-refractivity contribution >= 4 is 37.3 Å². The zero-order valence-electron chi connectivity index (χ0n) is 24.2. The number of alkyl halides is 1. The average Bonchev–Trinajstić information content (AvgIpc) is 3.51. The third-order valence-corrected chi connectivity index (χ3v) is 10.8. The van der Waals surface area contributed by atoms with Crippen molar-refractivity contribution in [2.24, 2.45) is 0 Å². The number of hydrogen-bond donors (Lipinski definition) is 1. The maximum Gasteiger partial charge on any atom is 0.319 e. The first-order valence-corrected chi connectivity index (χ1v) is 16.7. The molecule has 0 aliphatic carbocycles. The summed E-state index contributed by atoms with van der Waals surface area (Å²) in [7, 11) is -3.41. The molecule has 0 unspecified atom stereocenters. The van der Waals surface area contributed by atoms with E-state index >= 15 is 4.39 Å². The Kier molecular flexibility index (Phi) is 7.07. The van der Waals surface area contributed by atoms with Gasteiger partial charge in [-0.05, 0) is 66.8 Å². The molecule has 3 saturated heterocycles. The molecular weight excluding hydrogens is 595 g/mol. The summed E-state index contributed by atoms with van der Waals surface area (Å²) in [5.74, 6) is -1.54. The summed E-state index contributed by atoms with van der Waals surface area (Å²) in [5.41, 5.74) is -0.265. The molecule has 0 bridgehead atoms. The first-order valence-electron chi connectivity index (χ1n) is 14.9. The number of phenolic OH excluding ortho intramolecular Hbond substituents is 1. The normalized spacial score (nSPS) is 23.5. The van der Waals surface area contributed by atoms with E-state index in [9.17, 15) is 22.3 Å². The van der Waals surface area contributed by atoms with Crippen LogP contribution in [0.2, 0.25) is 0 Å². The van der Waals surface area contributed by atoms with Crippen molar-refractivity contribution in [2.45, 2.75) is 50.7 Å². The van der Waals surface area contributed by atoms with Crippen LogP contribution in [-0.4, -0.2) is 83.0 Å². The Morgan fingerprint density at radius 2 is 2.00 bits per heavy atom. The van der Waals surface area contributed by atoms with E-state index < -0.39 is 33.2 Å². The maximum atomic E-state index is 16.7. The molecule has 0 radical (unpaired) electrons. The Hall–Kier alpha value is -3.71. The molecule has 44 heavy (non-hydrogen) atoms. The van der Waals surface area contributed by atoms with Gasteiger partial charge in [-0.15, -0.1) is 0 Å². The number of aromatic nitrogens is 3. The molecule has 2 aromatic heterocycles. The number of sulfone groups is 1. The van der Waals surface area contributed by atoms with Gasteiger partial charge in [0.15, 0.2) is 15.7 Å². The van der Waals surface area contributed by atoms with Crippen LogP contribution in [0, 0.1) is 11.6 Å². The van der Waals surface area contributed by atoms with Crippen LogP contribution in [-0.2, 0) is 16.3 Å². The second-order valence-corrected chi connectivity index (χ2v) is 14.2. The van der Waals surface area contributed by atoms with Crippen LogP contribution in [0.4, 0.5) is 19.0 Å².